The predicted octanol–water partition coefficient (Wildman–Crippen LogP) is 3.10. The molecule has 1 saturated carbocycles. The number of benzene rings is 1. The highest BCUT2D eigenvalue weighted by atomic mass is 35.5. The Hall–Kier alpha value is -1.71. The molecule has 1 aliphatic rings. The van der Waals surface area contributed by atoms with Gasteiger partial charge in [-0.3, -0.25) is 0 Å². The van der Waals surface area contributed by atoms with Gasteiger partial charge in [-0.2, -0.15) is 5.26 Å². The van der Waals surface area contributed by atoms with E-state index in [1.54, 1.807) is 17.8 Å². The van der Waals surface area contributed by atoms with Gasteiger partial charge in [0, 0.05) is 16.7 Å². The Morgan fingerprint density at radius 3 is 2.86 bits per heavy atom. The maximum Gasteiger partial charge on any atom is 0.210 e. The van der Waals surface area contributed by atoms with E-state index in [2.05, 4.69) is 16.3 Å². The summed E-state index contributed by atoms with van der Waals surface area (Å²) < 4.78 is 1.48. The van der Waals surface area contributed by atoms with Gasteiger partial charge < -0.3 is 5.84 Å². The smallest absolute Gasteiger partial charge is 0.210 e. The topological polar surface area (TPSA) is 80.5 Å². The summed E-state index contributed by atoms with van der Waals surface area (Å²) >= 11 is 7.76. The lowest BCUT2D eigenvalue weighted by atomic mass is 10.1. The van der Waals surface area contributed by atoms with Gasteiger partial charge in [-0.1, -0.05) is 35.5 Å². The average Bonchev–Trinajstić information content (AvgIpc) is 3.08. The van der Waals surface area contributed by atoms with E-state index in [1.807, 2.05) is 18.2 Å². The SMILES string of the molecule is N#C[C@H]1CC[C@H](Sc2nnc(-c3ccccc3Cl)n2N)C1. The standard InChI is InChI=1S/C14H14ClN5S/c15-12-4-2-1-3-11(12)13-18-19-14(20(13)17)21-10-6-5-9(7-10)8-16/h1-4,9-10H,5-7,17H2/t9-,10-/m0/s1. The van der Waals surface area contributed by atoms with Gasteiger partial charge in [0.1, 0.15) is 0 Å². The third kappa shape index (κ3) is 2.85. The highest BCUT2D eigenvalue weighted by Gasteiger charge is 2.27. The summed E-state index contributed by atoms with van der Waals surface area (Å²) in [5.74, 6) is 6.80. The van der Waals surface area contributed by atoms with Crippen LogP contribution in [0.5, 0.6) is 0 Å². The van der Waals surface area contributed by atoms with Crippen molar-refractivity contribution in [2.24, 2.45) is 5.92 Å². The summed E-state index contributed by atoms with van der Waals surface area (Å²) in [6.07, 6.45) is 2.84. The van der Waals surface area contributed by atoms with E-state index in [0.717, 1.165) is 24.8 Å². The van der Waals surface area contributed by atoms with Crippen molar-refractivity contribution in [3.63, 3.8) is 0 Å². The van der Waals surface area contributed by atoms with Crippen LogP contribution in [0.3, 0.4) is 0 Å². The molecule has 7 heteroatoms. The van der Waals surface area contributed by atoms with Crippen molar-refractivity contribution in [3.05, 3.63) is 29.3 Å². The summed E-state index contributed by atoms with van der Waals surface area (Å²) in [5, 5.41) is 18.9. The molecular formula is C14H14ClN5S. The number of thioether (sulfide) groups is 1. The summed E-state index contributed by atoms with van der Waals surface area (Å²) in [4.78, 5) is 0. The van der Waals surface area contributed by atoms with E-state index < -0.39 is 0 Å². The van der Waals surface area contributed by atoms with Gasteiger partial charge in [-0.15, -0.1) is 10.2 Å². The van der Waals surface area contributed by atoms with Crippen molar-refractivity contribution in [2.45, 2.75) is 29.7 Å². The number of hydrogen-bond acceptors (Lipinski definition) is 5. The molecule has 0 aliphatic heterocycles. The van der Waals surface area contributed by atoms with E-state index >= 15 is 0 Å². The Bertz CT molecular complexity index is 693. The van der Waals surface area contributed by atoms with Gasteiger partial charge in [-0.25, -0.2) is 4.68 Å². The van der Waals surface area contributed by atoms with Crippen molar-refractivity contribution in [1.82, 2.24) is 14.9 Å². The van der Waals surface area contributed by atoms with Crippen LogP contribution in [0.15, 0.2) is 29.4 Å². The van der Waals surface area contributed by atoms with Crippen molar-refractivity contribution in [3.8, 4) is 17.5 Å². The van der Waals surface area contributed by atoms with Crippen LogP contribution in [0.4, 0.5) is 0 Å². The van der Waals surface area contributed by atoms with Crippen molar-refractivity contribution in [2.75, 3.05) is 5.84 Å². The van der Waals surface area contributed by atoms with Crippen molar-refractivity contribution in [1.29, 1.82) is 5.26 Å². The van der Waals surface area contributed by atoms with Gasteiger partial charge in [-0.05, 0) is 31.4 Å². The van der Waals surface area contributed by atoms with E-state index in [4.69, 9.17) is 22.7 Å². The number of nitriles is 1. The van der Waals surface area contributed by atoms with E-state index in [0.29, 0.717) is 21.3 Å². The highest BCUT2D eigenvalue weighted by Crippen LogP contribution is 2.37. The van der Waals surface area contributed by atoms with E-state index in [9.17, 15) is 0 Å². The minimum absolute atomic E-state index is 0.152. The molecule has 1 aromatic carbocycles. The fraction of sp³-hybridized carbons (Fsp3) is 0.357. The second-order valence-corrected chi connectivity index (χ2v) is 6.71. The van der Waals surface area contributed by atoms with Gasteiger partial charge in [0.2, 0.25) is 5.16 Å². The predicted molar refractivity (Wildman–Crippen MR) is 83.2 cm³/mol. The molecule has 1 heterocycles. The Morgan fingerprint density at radius 2 is 2.14 bits per heavy atom. The van der Waals surface area contributed by atoms with Crippen LogP contribution in [0, 0.1) is 17.2 Å². The van der Waals surface area contributed by atoms with Crippen molar-refractivity contribution < 1.29 is 0 Å². The Balaban J connectivity index is 1.81. The largest absolute Gasteiger partial charge is 0.335 e. The first kappa shape index (κ1) is 14.2. The van der Waals surface area contributed by atoms with Crippen LogP contribution in [0.25, 0.3) is 11.4 Å². The molecule has 0 saturated heterocycles. The summed E-state index contributed by atoms with van der Waals surface area (Å²) in [6.45, 7) is 0. The van der Waals surface area contributed by atoms with Gasteiger partial charge >= 0.3 is 0 Å². The molecule has 21 heavy (non-hydrogen) atoms. The molecule has 108 valence electrons. The minimum Gasteiger partial charge on any atom is -0.335 e. The lowest BCUT2D eigenvalue weighted by Crippen LogP contribution is -2.13. The van der Waals surface area contributed by atoms with Crippen LogP contribution in [-0.4, -0.2) is 20.1 Å². The third-order valence-electron chi connectivity index (χ3n) is 3.62. The number of nitrogens with two attached hydrogens (primary N) is 1. The van der Waals surface area contributed by atoms with E-state index in [-0.39, 0.29) is 5.92 Å². The first-order valence-electron chi connectivity index (χ1n) is 6.70. The minimum atomic E-state index is 0.152. The van der Waals surface area contributed by atoms with Crippen LogP contribution in [-0.2, 0) is 0 Å². The second kappa shape index (κ2) is 5.96. The summed E-state index contributed by atoms with van der Waals surface area (Å²) in [5.41, 5.74) is 0.766. The quantitative estimate of drug-likeness (QED) is 0.879. The van der Waals surface area contributed by atoms with Gasteiger partial charge in [0.05, 0.1) is 11.1 Å². The van der Waals surface area contributed by atoms with Gasteiger partial charge in [0.15, 0.2) is 5.82 Å². The van der Waals surface area contributed by atoms with Crippen LogP contribution in [0.2, 0.25) is 5.02 Å². The number of aromatic nitrogens is 3. The molecular weight excluding hydrogens is 306 g/mol. The second-order valence-electron chi connectivity index (χ2n) is 5.03. The fourth-order valence-electron chi connectivity index (χ4n) is 2.50. The van der Waals surface area contributed by atoms with Gasteiger partial charge in [0.25, 0.3) is 0 Å². The molecule has 3 rings (SSSR count). The lowest BCUT2D eigenvalue weighted by Gasteiger charge is -2.08. The molecule has 5 nitrogen and oxygen atoms in total. The zero-order chi connectivity index (χ0) is 14.8. The van der Waals surface area contributed by atoms with Crippen LogP contribution >= 0.6 is 23.4 Å². The molecule has 0 spiro atoms. The number of halogens is 1. The summed E-state index contributed by atoms with van der Waals surface area (Å²) in [6, 6.07) is 9.74. The Kier molecular flexibility index (Phi) is 4.04. The Labute approximate surface area is 132 Å². The molecule has 1 aliphatic carbocycles. The number of nitrogens with zero attached hydrogens (tertiary/aromatic N) is 4. The molecule has 2 N–H and O–H groups in total. The number of nitrogen functional groups attached to an aromatic ring is 1. The van der Waals surface area contributed by atoms with Crippen LogP contribution < -0.4 is 5.84 Å². The third-order valence-corrected chi connectivity index (χ3v) is 5.20. The maximum absolute atomic E-state index is 8.96. The molecule has 0 bridgehead atoms. The summed E-state index contributed by atoms with van der Waals surface area (Å²) in [7, 11) is 0. The molecule has 0 radical (unpaired) electrons. The molecule has 1 aromatic heterocycles. The van der Waals surface area contributed by atoms with Crippen molar-refractivity contribution >= 4 is 23.4 Å². The normalized spacial score (nSPS) is 21.3. The molecule has 1 fully saturated rings. The lowest BCUT2D eigenvalue weighted by molar-refractivity contribution is 0.702. The number of hydrogen-bond donors (Lipinski definition) is 1. The van der Waals surface area contributed by atoms with Crippen LogP contribution in [0.1, 0.15) is 19.3 Å². The molecule has 0 amide bonds. The number of rotatable bonds is 3. The monoisotopic (exact) mass is 319 g/mol. The average molecular weight is 320 g/mol. The van der Waals surface area contributed by atoms with E-state index in [1.165, 1.54) is 4.68 Å². The zero-order valence-electron chi connectivity index (χ0n) is 11.2. The first-order valence-corrected chi connectivity index (χ1v) is 7.96. The molecule has 2 atom stereocenters. The highest BCUT2D eigenvalue weighted by molar-refractivity contribution is 7.99. The Morgan fingerprint density at radius 1 is 1.33 bits per heavy atom. The fourth-order valence-corrected chi connectivity index (χ4v) is 3.89. The first-order chi connectivity index (χ1) is 10.2. The zero-order valence-corrected chi connectivity index (χ0v) is 12.8. The molecule has 0 unspecified atom stereocenters. The maximum atomic E-state index is 8.96. The molecule has 2 aromatic rings.